The topological polar surface area (TPSA) is 83.1 Å². The van der Waals surface area contributed by atoms with E-state index in [0.717, 1.165) is 0 Å². The van der Waals surface area contributed by atoms with Crippen molar-refractivity contribution in [3.05, 3.63) is 48.0 Å². The first-order valence-electron chi connectivity index (χ1n) is 7.67. The lowest BCUT2D eigenvalue weighted by Gasteiger charge is -2.12. The van der Waals surface area contributed by atoms with Gasteiger partial charge in [0.25, 0.3) is 5.91 Å². The highest BCUT2D eigenvalue weighted by Gasteiger charge is 2.17. The van der Waals surface area contributed by atoms with Crippen molar-refractivity contribution in [3.63, 3.8) is 0 Å². The molecule has 25 heavy (non-hydrogen) atoms. The quantitative estimate of drug-likeness (QED) is 0.812. The number of anilines is 1. The number of fused-ring (bicyclic) bond motifs is 1. The van der Waals surface area contributed by atoms with Crippen molar-refractivity contribution in [1.29, 1.82) is 0 Å². The molecule has 0 unspecified atom stereocenters. The van der Waals surface area contributed by atoms with Gasteiger partial charge < -0.3 is 24.3 Å². The molecular weight excluding hydrogens is 326 g/mol. The van der Waals surface area contributed by atoms with Crippen LogP contribution >= 0.6 is 0 Å². The number of rotatable bonds is 6. The lowest BCUT2D eigenvalue weighted by Crippen LogP contribution is -2.14. The van der Waals surface area contributed by atoms with Gasteiger partial charge in [0.2, 0.25) is 6.79 Å². The molecule has 0 aromatic heterocycles. The number of para-hydroxylation sites is 2. The van der Waals surface area contributed by atoms with Crippen LogP contribution in [-0.2, 0) is 9.53 Å². The number of nitrogens with one attached hydrogen (secondary N) is 1. The van der Waals surface area contributed by atoms with Crippen LogP contribution in [0.15, 0.2) is 42.5 Å². The number of hydrogen-bond donors (Lipinski definition) is 1. The van der Waals surface area contributed by atoms with Crippen molar-refractivity contribution in [2.45, 2.75) is 6.42 Å². The second kappa shape index (κ2) is 7.57. The van der Waals surface area contributed by atoms with Gasteiger partial charge in [0, 0.05) is 5.56 Å². The van der Waals surface area contributed by atoms with Crippen LogP contribution in [-0.4, -0.2) is 32.4 Å². The highest BCUT2D eigenvalue weighted by Crippen LogP contribution is 2.33. The van der Waals surface area contributed by atoms with Crippen molar-refractivity contribution in [2.24, 2.45) is 0 Å². The molecule has 3 rings (SSSR count). The number of amides is 1. The summed E-state index contributed by atoms with van der Waals surface area (Å²) < 4.78 is 20.6. The molecular formula is C18H17NO6. The molecule has 7 heteroatoms. The van der Waals surface area contributed by atoms with Crippen LogP contribution in [0.5, 0.6) is 17.2 Å². The van der Waals surface area contributed by atoms with E-state index < -0.39 is 0 Å². The molecule has 1 aliphatic rings. The summed E-state index contributed by atoms with van der Waals surface area (Å²) in [5, 5.41) is 2.79. The van der Waals surface area contributed by atoms with Gasteiger partial charge >= 0.3 is 5.97 Å². The third-order valence-corrected chi connectivity index (χ3v) is 3.56. The Morgan fingerprint density at radius 3 is 2.76 bits per heavy atom. The van der Waals surface area contributed by atoms with Crippen LogP contribution in [0.3, 0.4) is 0 Å². The zero-order valence-electron chi connectivity index (χ0n) is 13.6. The molecule has 1 aliphatic heterocycles. The maximum atomic E-state index is 12.5. The van der Waals surface area contributed by atoms with Gasteiger partial charge in [-0.05, 0) is 30.3 Å². The molecule has 130 valence electrons. The lowest BCUT2D eigenvalue weighted by molar-refractivity contribution is -0.141. The molecule has 0 atom stereocenters. The number of carbonyl (C=O) groups is 2. The van der Waals surface area contributed by atoms with Crippen LogP contribution in [0.2, 0.25) is 0 Å². The van der Waals surface area contributed by atoms with Crippen LogP contribution in [0.1, 0.15) is 16.8 Å². The molecule has 0 spiro atoms. The van der Waals surface area contributed by atoms with E-state index in [1.807, 2.05) is 0 Å². The van der Waals surface area contributed by atoms with Crippen molar-refractivity contribution in [3.8, 4) is 17.2 Å². The summed E-state index contributed by atoms with van der Waals surface area (Å²) in [4.78, 5) is 23.6. The number of methoxy groups -OCH3 is 1. The third kappa shape index (κ3) is 4.00. The average molecular weight is 343 g/mol. The molecule has 2 aromatic carbocycles. The normalized spacial score (nSPS) is 11.7. The molecule has 0 aliphatic carbocycles. The molecule has 0 bridgehead atoms. The van der Waals surface area contributed by atoms with E-state index in [-0.39, 0.29) is 31.7 Å². The summed E-state index contributed by atoms with van der Waals surface area (Å²) in [6.45, 7) is 0.306. The van der Waals surface area contributed by atoms with Gasteiger partial charge in [-0.2, -0.15) is 0 Å². The first-order valence-corrected chi connectivity index (χ1v) is 7.67. The predicted molar refractivity (Wildman–Crippen MR) is 89.1 cm³/mol. The first-order chi connectivity index (χ1) is 12.2. The van der Waals surface area contributed by atoms with E-state index in [1.54, 1.807) is 42.5 Å². The Bertz CT molecular complexity index is 789. The van der Waals surface area contributed by atoms with E-state index in [2.05, 4.69) is 10.1 Å². The van der Waals surface area contributed by atoms with Gasteiger partial charge in [-0.1, -0.05) is 12.1 Å². The summed E-state index contributed by atoms with van der Waals surface area (Å²) in [6.07, 6.45) is 0.126. The van der Waals surface area contributed by atoms with Crippen molar-refractivity contribution in [1.82, 2.24) is 0 Å². The average Bonchev–Trinajstić information content (AvgIpc) is 3.10. The molecule has 0 saturated carbocycles. The Kier molecular flexibility index (Phi) is 5.03. The Balaban J connectivity index is 1.68. The number of carbonyl (C=O) groups excluding carboxylic acids is 2. The zero-order valence-corrected chi connectivity index (χ0v) is 13.6. The number of hydrogen-bond acceptors (Lipinski definition) is 6. The SMILES string of the molecule is COC(=O)CCOc1ccccc1NC(=O)c1ccc2c(c1)OCO2. The minimum absolute atomic E-state index is 0.126. The largest absolute Gasteiger partial charge is 0.491 e. The summed E-state index contributed by atoms with van der Waals surface area (Å²) >= 11 is 0. The summed E-state index contributed by atoms with van der Waals surface area (Å²) in [6, 6.07) is 12.0. The Labute approximate surface area is 144 Å². The summed E-state index contributed by atoms with van der Waals surface area (Å²) in [5.74, 6) is 0.961. The second-order valence-electron chi connectivity index (χ2n) is 5.19. The molecule has 1 N–H and O–H groups in total. The van der Waals surface area contributed by atoms with Crippen molar-refractivity contribution < 1.29 is 28.5 Å². The van der Waals surface area contributed by atoms with Crippen molar-refractivity contribution in [2.75, 3.05) is 25.8 Å². The molecule has 0 radical (unpaired) electrons. The zero-order chi connectivity index (χ0) is 17.6. The maximum absolute atomic E-state index is 12.5. The number of benzene rings is 2. The van der Waals surface area contributed by atoms with E-state index >= 15 is 0 Å². The van der Waals surface area contributed by atoms with Crippen molar-refractivity contribution >= 4 is 17.6 Å². The fourth-order valence-corrected chi connectivity index (χ4v) is 2.27. The minimum Gasteiger partial charge on any atom is -0.491 e. The Morgan fingerprint density at radius 1 is 1.12 bits per heavy atom. The van der Waals surface area contributed by atoms with Gasteiger partial charge in [-0.3, -0.25) is 9.59 Å². The standard InChI is InChI=1S/C18H17NO6/c1-22-17(20)8-9-23-14-5-3-2-4-13(14)19-18(21)12-6-7-15-16(10-12)25-11-24-15/h2-7,10H,8-9,11H2,1H3,(H,19,21). The number of ether oxygens (including phenoxy) is 4. The van der Waals surface area contributed by atoms with Gasteiger partial charge in [0.05, 0.1) is 25.8 Å². The van der Waals surface area contributed by atoms with E-state index in [1.165, 1.54) is 7.11 Å². The fourth-order valence-electron chi connectivity index (χ4n) is 2.27. The smallest absolute Gasteiger partial charge is 0.308 e. The molecule has 1 amide bonds. The van der Waals surface area contributed by atoms with Crippen LogP contribution in [0.4, 0.5) is 5.69 Å². The summed E-state index contributed by atoms with van der Waals surface area (Å²) in [7, 11) is 1.32. The molecule has 7 nitrogen and oxygen atoms in total. The van der Waals surface area contributed by atoms with Crippen LogP contribution < -0.4 is 19.5 Å². The van der Waals surface area contributed by atoms with Crippen LogP contribution in [0.25, 0.3) is 0 Å². The molecule has 0 saturated heterocycles. The second-order valence-corrected chi connectivity index (χ2v) is 5.19. The Morgan fingerprint density at radius 2 is 1.92 bits per heavy atom. The lowest BCUT2D eigenvalue weighted by atomic mass is 10.2. The Hall–Kier alpha value is -3.22. The van der Waals surface area contributed by atoms with Gasteiger partial charge in [0.15, 0.2) is 11.5 Å². The molecule has 0 fully saturated rings. The summed E-state index contributed by atoms with van der Waals surface area (Å²) in [5.41, 5.74) is 0.948. The monoisotopic (exact) mass is 343 g/mol. The van der Waals surface area contributed by atoms with E-state index in [4.69, 9.17) is 14.2 Å². The van der Waals surface area contributed by atoms with Gasteiger partial charge in [0.1, 0.15) is 5.75 Å². The molecule has 1 heterocycles. The van der Waals surface area contributed by atoms with Crippen LogP contribution in [0, 0.1) is 0 Å². The highest BCUT2D eigenvalue weighted by atomic mass is 16.7. The predicted octanol–water partition coefficient (Wildman–Crippen LogP) is 2.61. The van der Waals surface area contributed by atoms with E-state index in [0.29, 0.717) is 28.5 Å². The molecule has 2 aromatic rings. The highest BCUT2D eigenvalue weighted by molar-refractivity contribution is 6.05. The van der Waals surface area contributed by atoms with Gasteiger partial charge in [-0.15, -0.1) is 0 Å². The van der Waals surface area contributed by atoms with Gasteiger partial charge in [-0.25, -0.2) is 0 Å². The third-order valence-electron chi connectivity index (χ3n) is 3.56. The minimum atomic E-state index is -0.359. The maximum Gasteiger partial charge on any atom is 0.308 e. The fraction of sp³-hybridized carbons (Fsp3) is 0.222. The number of esters is 1. The van der Waals surface area contributed by atoms with E-state index in [9.17, 15) is 9.59 Å². The first kappa shape index (κ1) is 16.6.